The van der Waals surface area contributed by atoms with Gasteiger partial charge in [-0.2, -0.15) is 0 Å². The van der Waals surface area contributed by atoms with Gasteiger partial charge in [0.2, 0.25) is 0 Å². The smallest absolute Gasteiger partial charge is 0.305 e. The molecule has 0 radical (unpaired) electrons. The van der Waals surface area contributed by atoms with Crippen LogP contribution in [0, 0.1) is 0 Å². The molecule has 0 saturated carbocycles. The van der Waals surface area contributed by atoms with Crippen molar-refractivity contribution in [2.45, 2.75) is 26.1 Å². The van der Waals surface area contributed by atoms with Crippen LogP contribution in [0.5, 0.6) is 0 Å². The maximum Gasteiger partial charge on any atom is 0.305 e. The van der Waals surface area contributed by atoms with Crippen LogP contribution in [0.15, 0.2) is 0 Å². The molecule has 0 spiro atoms. The molecule has 1 saturated heterocycles. The van der Waals surface area contributed by atoms with Crippen molar-refractivity contribution in [3.05, 3.63) is 0 Å². The average Bonchev–Trinajstić information content (AvgIpc) is 2.53. The molecule has 0 N–H and O–H groups in total. The molecular weight excluding hydrogens is 160 g/mol. The molecule has 70 valence electrons. The zero-order valence-corrected chi connectivity index (χ0v) is 7.25. The second-order valence-corrected chi connectivity index (χ2v) is 2.51. The predicted octanol–water partition coefficient (Wildman–Crippen LogP) is 0.703. The van der Waals surface area contributed by atoms with E-state index in [1.54, 1.807) is 6.92 Å². The van der Waals surface area contributed by atoms with Crippen molar-refractivity contribution in [3.63, 3.8) is 0 Å². The minimum Gasteiger partial charge on any atom is -0.466 e. The van der Waals surface area contributed by atoms with Crippen molar-refractivity contribution in [2.24, 2.45) is 0 Å². The van der Waals surface area contributed by atoms with Crippen LogP contribution in [0.1, 0.15) is 19.8 Å². The van der Waals surface area contributed by atoms with Crippen molar-refractivity contribution in [2.75, 3.05) is 19.8 Å². The largest absolute Gasteiger partial charge is 0.466 e. The van der Waals surface area contributed by atoms with E-state index in [9.17, 15) is 4.79 Å². The molecule has 0 atom stereocenters. The lowest BCUT2D eigenvalue weighted by atomic mass is 10.3. The molecule has 0 aromatic heterocycles. The molecule has 1 aliphatic heterocycles. The van der Waals surface area contributed by atoms with Gasteiger partial charge in [-0.05, 0) is 6.92 Å². The lowest BCUT2D eigenvalue weighted by Gasteiger charge is -2.07. The van der Waals surface area contributed by atoms with E-state index >= 15 is 0 Å². The van der Waals surface area contributed by atoms with E-state index in [0.29, 0.717) is 32.7 Å². The van der Waals surface area contributed by atoms with Gasteiger partial charge in [-0.25, -0.2) is 0 Å². The molecule has 0 aliphatic carbocycles. The van der Waals surface area contributed by atoms with Crippen molar-refractivity contribution in [3.8, 4) is 0 Å². The van der Waals surface area contributed by atoms with Gasteiger partial charge in [-0.3, -0.25) is 4.79 Å². The molecule has 0 unspecified atom stereocenters. The first-order valence-electron chi connectivity index (χ1n) is 4.21. The summed E-state index contributed by atoms with van der Waals surface area (Å²) in [6.07, 6.45) is 0.770. The lowest BCUT2D eigenvalue weighted by molar-refractivity contribution is -0.145. The number of hydrogen-bond acceptors (Lipinski definition) is 4. The topological polar surface area (TPSA) is 44.8 Å². The van der Waals surface area contributed by atoms with Crippen LogP contribution in [0.25, 0.3) is 0 Å². The van der Waals surface area contributed by atoms with Crippen LogP contribution in [0.3, 0.4) is 0 Å². The van der Waals surface area contributed by atoms with Crippen LogP contribution >= 0.6 is 0 Å². The van der Waals surface area contributed by atoms with E-state index in [2.05, 4.69) is 0 Å². The Labute approximate surface area is 71.8 Å². The molecule has 0 amide bonds. The first kappa shape index (κ1) is 9.48. The number of carbonyl (C=O) groups is 1. The van der Waals surface area contributed by atoms with Crippen LogP contribution in [0.4, 0.5) is 0 Å². The van der Waals surface area contributed by atoms with E-state index in [1.807, 2.05) is 0 Å². The maximum atomic E-state index is 10.9. The molecule has 1 heterocycles. The Morgan fingerprint density at radius 3 is 2.75 bits per heavy atom. The second kappa shape index (κ2) is 5.11. The fourth-order valence-electron chi connectivity index (χ4n) is 1.04. The molecule has 1 fully saturated rings. The molecule has 0 bridgehead atoms. The van der Waals surface area contributed by atoms with Crippen LogP contribution < -0.4 is 0 Å². The van der Waals surface area contributed by atoms with Gasteiger partial charge in [0.25, 0.3) is 0 Å². The Morgan fingerprint density at radius 2 is 2.17 bits per heavy atom. The van der Waals surface area contributed by atoms with Crippen molar-refractivity contribution < 1.29 is 19.0 Å². The molecular formula is C8H14O4. The van der Waals surface area contributed by atoms with Crippen molar-refractivity contribution >= 4 is 5.97 Å². The Bertz CT molecular complexity index is 140. The summed E-state index contributed by atoms with van der Waals surface area (Å²) in [5.74, 6) is -0.184. The minimum atomic E-state index is -0.200. The van der Waals surface area contributed by atoms with Crippen LogP contribution in [0.2, 0.25) is 0 Å². The van der Waals surface area contributed by atoms with Gasteiger partial charge < -0.3 is 14.2 Å². The van der Waals surface area contributed by atoms with Gasteiger partial charge in [0.1, 0.15) is 0 Å². The molecule has 0 aromatic carbocycles. The first-order chi connectivity index (χ1) is 5.83. The number of esters is 1. The van der Waals surface area contributed by atoms with Gasteiger partial charge >= 0.3 is 5.97 Å². The zero-order valence-electron chi connectivity index (χ0n) is 7.25. The summed E-state index contributed by atoms with van der Waals surface area (Å²) in [7, 11) is 0. The van der Waals surface area contributed by atoms with Crippen molar-refractivity contribution in [1.29, 1.82) is 0 Å². The van der Waals surface area contributed by atoms with E-state index in [4.69, 9.17) is 14.2 Å². The van der Waals surface area contributed by atoms with Gasteiger partial charge in [0.15, 0.2) is 6.29 Å². The zero-order chi connectivity index (χ0) is 8.81. The monoisotopic (exact) mass is 174 g/mol. The van der Waals surface area contributed by atoms with Gasteiger partial charge in [-0.1, -0.05) is 0 Å². The third-order valence-electron chi connectivity index (χ3n) is 1.58. The Hall–Kier alpha value is -0.610. The maximum absolute atomic E-state index is 10.9. The minimum absolute atomic E-state index is 0.184. The Kier molecular flexibility index (Phi) is 4.04. The van der Waals surface area contributed by atoms with Gasteiger partial charge in [0, 0.05) is 6.42 Å². The number of ether oxygens (including phenoxy) is 3. The third kappa shape index (κ3) is 3.19. The van der Waals surface area contributed by atoms with E-state index in [1.165, 1.54) is 0 Å². The molecule has 0 aromatic rings. The predicted molar refractivity (Wildman–Crippen MR) is 41.6 cm³/mol. The highest BCUT2D eigenvalue weighted by atomic mass is 16.7. The summed E-state index contributed by atoms with van der Waals surface area (Å²) in [4.78, 5) is 10.9. The normalized spacial score (nSPS) is 18.1. The fourth-order valence-corrected chi connectivity index (χ4v) is 1.04. The number of carbonyl (C=O) groups excluding carboxylic acids is 1. The fraction of sp³-hybridized carbons (Fsp3) is 0.875. The first-order valence-corrected chi connectivity index (χ1v) is 4.21. The SMILES string of the molecule is CCOC(=O)CCC1OCCO1. The summed E-state index contributed by atoms with van der Waals surface area (Å²) in [5, 5.41) is 0. The van der Waals surface area contributed by atoms with E-state index < -0.39 is 0 Å². The Morgan fingerprint density at radius 1 is 1.50 bits per heavy atom. The number of hydrogen-bond donors (Lipinski definition) is 0. The van der Waals surface area contributed by atoms with Crippen molar-refractivity contribution in [1.82, 2.24) is 0 Å². The standard InChI is InChI=1S/C8H14O4/c1-2-10-7(9)3-4-8-11-5-6-12-8/h8H,2-6H2,1H3. The summed E-state index contributed by atoms with van der Waals surface area (Å²) < 4.78 is 15.1. The molecule has 4 nitrogen and oxygen atoms in total. The summed E-state index contributed by atoms with van der Waals surface area (Å²) >= 11 is 0. The van der Waals surface area contributed by atoms with Gasteiger partial charge in [-0.15, -0.1) is 0 Å². The quantitative estimate of drug-likeness (QED) is 0.588. The summed E-state index contributed by atoms with van der Waals surface area (Å²) in [6, 6.07) is 0. The molecule has 1 aliphatic rings. The van der Waals surface area contributed by atoms with Crippen LogP contribution in [-0.2, 0) is 19.0 Å². The Balaban J connectivity index is 2.03. The molecule has 12 heavy (non-hydrogen) atoms. The highest BCUT2D eigenvalue weighted by Gasteiger charge is 2.17. The highest BCUT2D eigenvalue weighted by molar-refractivity contribution is 5.69. The van der Waals surface area contributed by atoms with Gasteiger partial charge in [0.05, 0.1) is 26.2 Å². The highest BCUT2D eigenvalue weighted by Crippen LogP contribution is 2.10. The lowest BCUT2D eigenvalue weighted by Crippen LogP contribution is -2.12. The average molecular weight is 174 g/mol. The number of rotatable bonds is 4. The summed E-state index contributed by atoms with van der Waals surface area (Å²) in [6.45, 7) is 3.49. The second-order valence-electron chi connectivity index (χ2n) is 2.51. The molecule has 1 rings (SSSR count). The molecule has 4 heteroatoms. The van der Waals surface area contributed by atoms with Crippen LogP contribution in [-0.4, -0.2) is 32.1 Å². The van der Waals surface area contributed by atoms with E-state index in [0.717, 1.165) is 0 Å². The van der Waals surface area contributed by atoms with E-state index in [-0.39, 0.29) is 12.3 Å². The third-order valence-corrected chi connectivity index (χ3v) is 1.58. The summed E-state index contributed by atoms with van der Waals surface area (Å²) in [5.41, 5.74) is 0.